The van der Waals surface area contributed by atoms with E-state index in [4.69, 9.17) is 11.6 Å². The van der Waals surface area contributed by atoms with Crippen LogP contribution < -0.4 is 5.32 Å². The zero-order valence-electron chi connectivity index (χ0n) is 11.6. The molecule has 0 saturated heterocycles. The number of hydrogen-bond acceptors (Lipinski definition) is 1. The Morgan fingerprint density at radius 3 is 2.84 bits per heavy atom. The number of nitrogens with one attached hydrogen (secondary N) is 1. The highest BCUT2D eigenvalue weighted by Gasteiger charge is 2.20. The van der Waals surface area contributed by atoms with Crippen LogP contribution in [-0.4, -0.2) is 12.6 Å². The Hall–Kier alpha value is -0.600. The van der Waals surface area contributed by atoms with Gasteiger partial charge < -0.3 is 5.32 Å². The van der Waals surface area contributed by atoms with Crippen molar-refractivity contribution in [3.05, 3.63) is 34.6 Å². The number of rotatable bonds is 4. The molecule has 0 radical (unpaired) electrons. The van der Waals surface area contributed by atoms with Crippen LogP contribution in [0.3, 0.4) is 0 Å². The standard InChI is InChI=1S/C16H23ClFN/c1-2-19-15-6-4-3-5-12(10-15)9-13-7-8-14(17)11-16(13)18/h7-8,11-12,15,19H,2-6,9-10H2,1H3. The number of hydrogen-bond donors (Lipinski definition) is 1. The molecule has 2 atom stereocenters. The van der Waals surface area contributed by atoms with Gasteiger partial charge in [0.1, 0.15) is 5.82 Å². The summed E-state index contributed by atoms with van der Waals surface area (Å²) in [6.07, 6.45) is 7.03. The zero-order valence-corrected chi connectivity index (χ0v) is 12.3. The Balaban J connectivity index is 2.00. The maximum atomic E-state index is 13.9. The second kappa shape index (κ2) is 7.25. The second-order valence-corrected chi connectivity index (χ2v) is 6.02. The predicted octanol–water partition coefficient (Wildman–Crippen LogP) is 4.58. The van der Waals surface area contributed by atoms with Crippen molar-refractivity contribution < 1.29 is 4.39 Å². The highest BCUT2D eigenvalue weighted by Crippen LogP contribution is 2.28. The minimum Gasteiger partial charge on any atom is -0.314 e. The summed E-state index contributed by atoms with van der Waals surface area (Å²) in [5.74, 6) is 0.430. The summed E-state index contributed by atoms with van der Waals surface area (Å²) in [4.78, 5) is 0. The molecule has 0 aromatic heterocycles. The molecule has 2 rings (SSSR count). The fourth-order valence-electron chi connectivity index (χ4n) is 3.12. The van der Waals surface area contributed by atoms with E-state index in [1.54, 1.807) is 6.07 Å². The highest BCUT2D eigenvalue weighted by molar-refractivity contribution is 6.30. The quantitative estimate of drug-likeness (QED) is 0.798. The molecule has 1 aromatic carbocycles. The van der Waals surface area contributed by atoms with Gasteiger partial charge in [-0.2, -0.15) is 0 Å². The molecule has 3 heteroatoms. The van der Waals surface area contributed by atoms with Crippen molar-refractivity contribution in [3.8, 4) is 0 Å². The topological polar surface area (TPSA) is 12.0 Å². The molecule has 1 fully saturated rings. The van der Waals surface area contributed by atoms with Crippen LogP contribution in [0.4, 0.5) is 4.39 Å². The van der Waals surface area contributed by atoms with Gasteiger partial charge >= 0.3 is 0 Å². The van der Waals surface area contributed by atoms with E-state index in [1.165, 1.54) is 31.7 Å². The van der Waals surface area contributed by atoms with Crippen LogP contribution in [0.2, 0.25) is 5.02 Å². The lowest BCUT2D eigenvalue weighted by Crippen LogP contribution is -2.30. The van der Waals surface area contributed by atoms with Crippen LogP contribution in [0.5, 0.6) is 0 Å². The van der Waals surface area contributed by atoms with E-state index in [1.807, 2.05) is 6.07 Å². The molecule has 0 heterocycles. The van der Waals surface area contributed by atoms with Crippen LogP contribution in [0.1, 0.15) is 44.6 Å². The molecule has 2 unspecified atom stereocenters. The summed E-state index contributed by atoms with van der Waals surface area (Å²) < 4.78 is 13.9. The number of halogens is 2. The minimum absolute atomic E-state index is 0.156. The van der Waals surface area contributed by atoms with Gasteiger partial charge in [-0.15, -0.1) is 0 Å². The van der Waals surface area contributed by atoms with Crippen molar-refractivity contribution in [3.63, 3.8) is 0 Å². The first-order chi connectivity index (χ1) is 9.19. The normalized spacial score (nSPS) is 24.2. The van der Waals surface area contributed by atoms with Gasteiger partial charge in [0.25, 0.3) is 0 Å². The van der Waals surface area contributed by atoms with E-state index in [9.17, 15) is 4.39 Å². The van der Waals surface area contributed by atoms with Crippen LogP contribution in [0.25, 0.3) is 0 Å². The van der Waals surface area contributed by atoms with Crippen molar-refractivity contribution in [1.29, 1.82) is 0 Å². The lowest BCUT2D eigenvalue weighted by atomic mass is 9.91. The van der Waals surface area contributed by atoms with Gasteiger partial charge in [0.15, 0.2) is 0 Å². The van der Waals surface area contributed by atoms with Gasteiger partial charge in [-0.3, -0.25) is 0 Å². The lowest BCUT2D eigenvalue weighted by Gasteiger charge is -2.21. The maximum Gasteiger partial charge on any atom is 0.127 e. The maximum absolute atomic E-state index is 13.9. The van der Waals surface area contributed by atoms with E-state index in [0.717, 1.165) is 24.9 Å². The summed E-state index contributed by atoms with van der Waals surface area (Å²) in [7, 11) is 0. The molecule has 0 aliphatic heterocycles. The van der Waals surface area contributed by atoms with E-state index in [2.05, 4.69) is 12.2 Å². The molecule has 0 amide bonds. The fourth-order valence-corrected chi connectivity index (χ4v) is 3.28. The number of benzene rings is 1. The Kier molecular flexibility index (Phi) is 5.65. The Bertz CT molecular complexity index is 408. The van der Waals surface area contributed by atoms with Crippen LogP contribution >= 0.6 is 11.6 Å². The van der Waals surface area contributed by atoms with Gasteiger partial charge in [0.05, 0.1) is 0 Å². The Morgan fingerprint density at radius 1 is 1.32 bits per heavy atom. The average molecular weight is 284 g/mol. The first-order valence-electron chi connectivity index (χ1n) is 7.36. The van der Waals surface area contributed by atoms with Gasteiger partial charge in [0, 0.05) is 11.1 Å². The molecule has 106 valence electrons. The molecule has 19 heavy (non-hydrogen) atoms. The molecule has 1 nitrogen and oxygen atoms in total. The molecule has 1 N–H and O–H groups in total. The average Bonchev–Trinajstić information content (AvgIpc) is 2.59. The van der Waals surface area contributed by atoms with Crippen molar-refractivity contribution in [1.82, 2.24) is 5.32 Å². The first-order valence-corrected chi connectivity index (χ1v) is 7.74. The molecule has 1 saturated carbocycles. The lowest BCUT2D eigenvalue weighted by molar-refractivity contribution is 0.385. The highest BCUT2D eigenvalue weighted by atomic mass is 35.5. The molecule has 1 aliphatic rings. The third-order valence-electron chi connectivity index (χ3n) is 4.05. The van der Waals surface area contributed by atoms with Crippen molar-refractivity contribution in [2.24, 2.45) is 5.92 Å². The van der Waals surface area contributed by atoms with E-state index < -0.39 is 0 Å². The SMILES string of the molecule is CCNC1CCCCC(Cc2ccc(Cl)cc2F)C1. The van der Waals surface area contributed by atoms with Gasteiger partial charge in [0.2, 0.25) is 0 Å². The third kappa shape index (κ3) is 4.47. The molecule has 1 aromatic rings. The largest absolute Gasteiger partial charge is 0.314 e. The fraction of sp³-hybridized carbons (Fsp3) is 0.625. The second-order valence-electron chi connectivity index (χ2n) is 5.58. The summed E-state index contributed by atoms with van der Waals surface area (Å²) in [5, 5.41) is 4.03. The van der Waals surface area contributed by atoms with Gasteiger partial charge in [-0.25, -0.2) is 4.39 Å². The summed E-state index contributed by atoms with van der Waals surface area (Å²) >= 11 is 5.80. The zero-order chi connectivity index (χ0) is 13.7. The van der Waals surface area contributed by atoms with Crippen LogP contribution in [0, 0.1) is 11.7 Å². The van der Waals surface area contributed by atoms with Crippen molar-refractivity contribution >= 4 is 11.6 Å². The van der Waals surface area contributed by atoms with E-state index in [-0.39, 0.29) is 5.82 Å². The van der Waals surface area contributed by atoms with Crippen LogP contribution in [-0.2, 0) is 6.42 Å². The van der Waals surface area contributed by atoms with Crippen molar-refractivity contribution in [2.45, 2.75) is 51.5 Å². The Labute approximate surface area is 120 Å². The Morgan fingerprint density at radius 2 is 2.11 bits per heavy atom. The minimum atomic E-state index is -0.156. The predicted molar refractivity (Wildman–Crippen MR) is 79.2 cm³/mol. The molecule has 0 spiro atoms. The van der Waals surface area contributed by atoms with Crippen molar-refractivity contribution in [2.75, 3.05) is 6.54 Å². The van der Waals surface area contributed by atoms with Crippen LogP contribution in [0.15, 0.2) is 18.2 Å². The summed E-state index contributed by atoms with van der Waals surface area (Å²) in [6, 6.07) is 5.66. The summed E-state index contributed by atoms with van der Waals surface area (Å²) in [5.41, 5.74) is 0.812. The van der Waals surface area contributed by atoms with Gasteiger partial charge in [-0.1, -0.05) is 43.9 Å². The first kappa shape index (κ1) is 14.8. The smallest absolute Gasteiger partial charge is 0.127 e. The molecular formula is C16H23ClFN. The monoisotopic (exact) mass is 283 g/mol. The van der Waals surface area contributed by atoms with E-state index in [0.29, 0.717) is 17.0 Å². The third-order valence-corrected chi connectivity index (χ3v) is 4.28. The van der Waals surface area contributed by atoms with E-state index >= 15 is 0 Å². The molecular weight excluding hydrogens is 261 g/mol. The van der Waals surface area contributed by atoms with Gasteiger partial charge in [-0.05, 0) is 49.4 Å². The summed E-state index contributed by atoms with van der Waals surface area (Å²) in [6.45, 7) is 3.17. The molecule has 1 aliphatic carbocycles. The molecule has 0 bridgehead atoms.